The number of piperazine rings is 1. The molecule has 5 heteroatoms. The number of anilines is 2. The van der Waals surface area contributed by atoms with Crippen LogP contribution in [-0.4, -0.2) is 43.7 Å². The van der Waals surface area contributed by atoms with Crippen LogP contribution in [0.2, 0.25) is 0 Å². The maximum atomic E-state index is 13.8. The van der Waals surface area contributed by atoms with Crippen LogP contribution in [0.3, 0.4) is 0 Å². The van der Waals surface area contributed by atoms with E-state index in [-0.39, 0.29) is 5.82 Å². The van der Waals surface area contributed by atoms with E-state index >= 15 is 0 Å². The third kappa shape index (κ3) is 2.42. The van der Waals surface area contributed by atoms with E-state index in [0.29, 0.717) is 24.1 Å². The molecule has 2 N–H and O–H groups in total. The number of nitrogens with two attached hydrogens (primary N) is 1. The molecular weight excluding hydrogens is 257 g/mol. The molecule has 0 spiro atoms. The van der Waals surface area contributed by atoms with E-state index in [1.165, 1.54) is 25.5 Å². The van der Waals surface area contributed by atoms with Crippen molar-refractivity contribution in [3.8, 4) is 5.75 Å². The Morgan fingerprint density at radius 2 is 2.20 bits per heavy atom. The quantitative estimate of drug-likeness (QED) is 0.860. The van der Waals surface area contributed by atoms with Gasteiger partial charge >= 0.3 is 0 Å². The Kier molecular flexibility index (Phi) is 3.70. The van der Waals surface area contributed by atoms with E-state index in [1.54, 1.807) is 6.07 Å². The molecule has 1 unspecified atom stereocenters. The predicted octanol–water partition coefficient (Wildman–Crippen LogP) is 2.09. The highest BCUT2D eigenvalue weighted by Crippen LogP contribution is 2.33. The number of hydrogen-bond donors (Lipinski definition) is 1. The van der Waals surface area contributed by atoms with Gasteiger partial charge in [0.1, 0.15) is 0 Å². The van der Waals surface area contributed by atoms with Gasteiger partial charge in [0.05, 0.1) is 18.0 Å². The van der Waals surface area contributed by atoms with E-state index in [0.717, 1.165) is 25.3 Å². The van der Waals surface area contributed by atoms with Crippen LogP contribution < -0.4 is 15.4 Å². The van der Waals surface area contributed by atoms with Gasteiger partial charge in [-0.25, -0.2) is 4.39 Å². The third-order valence-electron chi connectivity index (χ3n) is 4.31. The fraction of sp³-hybridized carbons (Fsp3) is 0.600. The topological polar surface area (TPSA) is 41.7 Å². The molecular formula is C15H22FN3O. The molecule has 2 aliphatic heterocycles. The highest BCUT2D eigenvalue weighted by molar-refractivity contribution is 5.70. The summed E-state index contributed by atoms with van der Waals surface area (Å²) in [6, 6.07) is 3.74. The molecule has 2 saturated heterocycles. The average molecular weight is 279 g/mol. The fourth-order valence-electron chi connectivity index (χ4n) is 3.31. The molecule has 2 fully saturated rings. The molecule has 0 aliphatic carbocycles. The smallest absolute Gasteiger partial charge is 0.167 e. The predicted molar refractivity (Wildman–Crippen MR) is 78.8 cm³/mol. The summed E-state index contributed by atoms with van der Waals surface area (Å²) in [6.45, 7) is 6.50. The van der Waals surface area contributed by atoms with Gasteiger partial charge in [0, 0.05) is 37.8 Å². The monoisotopic (exact) mass is 279 g/mol. The largest absolute Gasteiger partial charge is 0.491 e. The highest BCUT2D eigenvalue weighted by atomic mass is 19.1. The van der Waals surface area contributed by atoms with Crippen LogP contribution in [0.1, 0.15) is 19.8 Å². The number of nitrogens with zero attached hydrogens (tertiary/aromatic N) is 2. The standard InChI is InChI=1S/C15H22FN3O/c1-2-20-15-9-14(13(17)8-12(15)16)19-7-6-18-5-3-4-11(18)10-19/h8-9,11H,2-7,10,17H2,1H3. The van der Waals surface area contributed by atoms with Crippen LogP contribution in [0, 0.1) is 5.82 Å². The van der Waals surface area contributed by atoms with Crippen LogP contribution in [0.5, 0.6) is 5.75 Å². The number of fused-ring (bicyclic) bond motifs is 1. The van der Waals surface area contributed by atoms with Gasteiger partial charge < -0.3 is 15.4 Å². The van der Waals surface area contributed by atoms with Crippen molar-refractivity contribution in [2.45, 2.75) is 25.8 Å². The van der Waals surface area contributed by atoms with Crippen molar-refractivity contribution in [2.75, 3.05) is 43.4 Å². The molecule has 2 heterocycles. The Labute approximate surface area is 119 Å². The van der Waals surface area contributed by atoms with Crippen molar-refractivity contribution in [1.29, 1.82) is 0 Å². The van der Waals surface area contributed by atoms with Crippen LogP contribution in [0.4, 0.5) is 15.8 Å². The molecule has 1 atom stereocenters. The van der Waals surface area contributed by atoms with Gasteiger partial charge in [-0.05, 0) is 26.3 Å². The van der Waals surface area contributed by atoms with Crippen molar-refractivity contribution in [3.63, 3.8) is 0 Å². The lowest BCUT2D eigenvalue weighted by Crippen LogP contribution is -2.50. The number of hydrogen-bond acceptors (Lipinski definition) is 4. The number of ether oxygens (including phenoxy) is 1. The normalized spacial score (nSPS) is 22.9. The Morgan fingerprint density at radius 3 is 3.00 bits per heavy atom. The van der Waals surface area contributed by atoms with Crippen molar-refractivity contribution >= 4 is 11.4 Å². The molecule has 0 saturated carbocycles. The van der Waals surface area contributed by atoms with Crippen LogP contribution in [0.25, 0.3) is 0 Å². The first-order valence-electron chi connectivity index (χ1n) is 7.40. The molecule has 1 aromatic carbocycles. The van der Waals surface area contributed by atoms with Crippen molar-refractivity contribution in [3.05, 3.63) is 17.9 Å². The van der Waals surface area contributed by atoms with Gasteiger partial charge in [0.15, 0.2) is 11.6 Å². The number of benzene rings is 1. The Morgan fingerprint density at radius 1 is 1.35 bits per heavy atom. The molecule has 0 radical (unpaired) electrons. The summed E-state index contributed by atoms with van der Waals surface area (Å²) in [5, 5.41) is 0. The van der Waals surface area contributed by atoms with E-state index in [4.69, 9.17) is 10.5 Å². The molecule has 0 aromatic heterocycles. The van der Waals surface area contributed by atoms with Crippen LogP contribution in [-0.2, 0) is 0 Å². The Hall–Kier alpha value is -1.49. The summed E-state index contributed by atoms with van der Waals surface area (Å²) >= 11 is 0. The molecule has 3 rings (SSSR count). The van der Waals surface area contributed by atoms with E-state index < -0.39 is 0 Å². The minimum Gasteiger partial charge on any atom is -0.491 e. The third-order valence-corrected chi connectivity index (χ3v) is 4.31. The average Bonchev–Trinajstić information content (AvgIpc) is 2.89. The molecule has 20 heavy (non-hydrogen) atoms. The minimum absolute atomic E-state index is 0.297. The summed E-state index contributed by atoms with van der Waals surface area (Å²) < 4.78 is 19.1. The SMILES string of the molecule is CCOc1cc(N2CCN3CCCC3C2)c(N)cc1F. The number of halogens is 1. The first kappa shape index (κ1) is 13.5. The van der Waals surface area contributed by atoms with Gasteiger partial charge in [-0.3, -0.25) is 4.90 Å². The lowest BCUT2D eigenvalue weighted by Gasteiger charge is -2.39. The van der Waals surface area contributed by atoms with Crippen LogP contribution >= 0.6 is 0 Å². The van der Waals surface area contributed by atoms with Crippen molar-refractivity contribution in [2.24, 2.45) is 0 Å². The first-order chi connectivity index (χ1) is 9.69. The summed E-state index contributed by atoms with van der Waals surface area (Å²) in [4.78, 5) is 4.81. The van der Waals surface area contributed by atoms with Crippen LogP contribution in [0.15, 0.2) is 12.1 Å². The Balaban J connectivity index is 1.84. The zero-order chi connectivity index (χ0) is 14.1. The zero-order valence-electron chi connectivity index (χ0n) is 11.9. The van der Waals surface area contributed by atoms with Gasteiger partial charge in [-0.2, -0.15) is 0 Å². The summed E-state index contributed by atoms with van der Waals surface area (Å²) in [7, 11) is 0. The van der Waals surface area contributed by atoms with Gasteiger partial charge in [0.25, 0.3) is 0 Å². The second kappa shape index (κ2) is 5.48. The molecule has 1 aromatic rings. The number of nitrogen functional groups attached to an aromatic ring is 1. The molecule has 0 amide bonds. The lowest BCUT2D eigenvalue weighted by molar-refractivity contribution is 0.231. The summed E-state index contributed by atoms with van der Waals surface area (Å²) in [5.41, 5.74) is 7.41. The van der Waals surface area contributed by atoms with E-state index in [9.17, 15) is 4.39 Å². The van der Waals surface area contributed by atoms with E-state index in [2.05, 4.69) is 9.80 Å². The molecule has 2 aliphatic rings. The maximum absolute atomic E-state index is 13.8. The van der Waals surface area contributed by atoms with Crippen molar-refractivity contribution in [1.82, 2.24) is 4.90 Å². The second-order valence-electron chi connectivity index (χ2n) is 5.55. The van der Waals surface area contributed by atoms with Gasteiger partial charge in [-0.1, -0.05) is 0 Å². The summed E-state index contributed by atoms with van der Waals surface area (Å²) in [5.74, 6) is -0.0850. The lowest BCUT2D eigenvalue weighted by atomic mass is 10.1. The Bertz CT molecular complexity index is 494. The first-order valence-corrected chi connectivity index (χ1v) is 7.40. The van der Waals surface area contributed by atoms with Gasteiger partial charge in [0.2, 0.25) is 0 Å². The van der Waals surface area contributed by atoms with E-state index in [1.807, 2.05) is 6.92 Å². The fourth-order valence-corrected chi connectivity index (χ4v) is 3.31. The molecule has 110 valence electrons. The second-order valence-corrected chi connectivity index (χ2v) is 5.55. The highest BCUT2D eigenvalue weighted by Gasteiger charge is 2.31. The molecule has 0 bridgehead atoms. The molecule has 4 nitrogen and oxygen atoms in total. The van der Waals surface area contributed by atoms with Crippen molar-refractivity contribution < 1.29 is 9.13 Å². The number of rotatable bonds is 3. The maximum Gasteiger partial charge on any atom is 0.167 e. The summed E-state index contributed by atoms with van der Waals surface area (Å²) in [6.07, 6.45) is 2.53. The zero-order valence-corrected chi connectivity index (χ0v) is 11.9. The van der Waals surface area contributed by atoms with Gasteiger partial charge in [-0.15, -0.1) is 0 Å². The minimum atomic E-state index is -0.382.